The second-order valence-corrected chi connectivity index (χ2v) is 5.79. The van der Waals surface area contributed by atoms with Crippen LogP contribution in [0.5, 0.6) is 0 Å². The molecule has 120 valence electrons. The highest BCUT2D eigenvalue weighted by Crippen LogP contribution is 2.45. The Hall–Kier alpha value is -1.88. The Morgan fingerprint density at radius 2 is 1.82 bits per heavy atom. The molecule has 1 N–H and O–H groups in total. The highest BCUT2D eigenvalue weighted by molar-refractivity contribution is 5.85. The number of ether oxygens (including phenoxy) is 2. The van der Waals surface area contributed by atoms with E-state index in [1.165, 1.54) is 14.2 Å². The van der Waals surface area contributed by atoms with E-state index in [2.05, 4.69) is 5.32 Å². The van der Waals surface area contributed by atoms with Crippen LogP contribution in [0, 0.1) is 11.8 Å². The molecular weight excluding hydrogens is 282 g/mol. The van der Waals surface area contributed by atoms with E-state index >= 15 is 0 Å². The van der Waals surface area contributed by atoms with Gasteiger partial charge in [0.25, 0.3) is 0 Å². The number of esters is 2. The third kappa shape index (κ3) is 2.61. The van der Waals surface area contributed by atoms with Crippen molar-refractivity contribution in [2.24, 2.45) is 11.8 Å². The average Bonchev–Trinajstić information content (AvgIpc) is 2.87. The van der Waals surface area contributed by atoms with Crippen molar-refractivity contribution in [3.8, 4) is 0 Å². The fourth-order valence-electron chi connectivity index (χ4n) is 3.58. The monoisotopic (exact) mass is 305 g/mol. The SMILES string of the molecule is CC[C@@H]1[C@@H](C(=O)OC)[C@@H](c2ccccc2)N[C@@]1(C)C(=O)OC. The van der Waals surface area contributed by atoms with Crippen LogP contribution in [0.4, 0.5) is 0 Å². The summed E-state index contributed by atoms with van der Waals surface area (Å²) in [5.74, 6) is -1.29. The van der Waals surface area contributed by atoms with E-state index in [-0.39, 0.29) is 23.9 Å². The van der Waals surface area contributed by atoms with Crippen molar-refractivity contribution in [1.82, 2.24) is 5.32 Å². The first-order valence-electron chi connectivity index (χ1n) is 7.48. The number of methoxy groups -OCH3 is 2. The number of hydrogen-bond donors (Lipinski definition) is 1. The van der Waals surface area contributed by atoms with Crippen LogP contribution < -0.4 is 5.32 Å². The molecule has 5 nitrogen and oxygen atoms in total. The van der Waals surface area contributed by atoms with Crippen LogP contribution in [-0.2, 0) is 19.1 Å². The number of carbonyl (C=O) groups is 2. The standard InChI is InChI=1S/C17H23NO4/c1-5-12-13(15(19)21-3)14(11-9-7-6-8-10-11)18-17(12,2)16(20)22-4/h6-10,12-14,18H,5H2,1-4H3/t12-,13-,14-,17-/m1/s1. The van der Waals surface area contributed by atoms with Crippen molar-refractivity contribution in [2.45, 2.75) is 31.8 Å². The maximum Gasteiger partial charge on any atom is 0.326 e. The molecule has 0 spiro atoms. The first-order valence-corrected chi connectivity index (χ1v) is 7.48. The van der Waals surface area contributed by atoms with Gasteiger partial charge in [-0.05, 0) is 12.5 Å². The number of nitrogens with one attached hydrogen (secondary N) is 1. The predicted octanol–water partition coefficient (Wildman–Crippen LogP) is 2.08. The molecule has 22 heavy (non-hydrogen) atoms. The molecule has 1 heterocycles. The second-order valence-electron chi connectivity index (χ2n) is 5.79. The summed E-state index contributed by atoms with van der Waals surface area (Å²) in [5, 5.41) is 3.33. The van der Waals surface area contributed by atoms with E-state index in [9.17, 15) is 9.59 Å². The lowest BCUT2D eigenvalue weighted by atomic mass is 9.77. The molecule has 0 saturated carbocycles. The lowest BCUT2D eigenvalue weighted by Crippen LogP contribution is -2.50. The van der Waals surface area contributed by atoms with Crippen LogP contribution in [0.25, 0.3) is 0 Å². The molecule has 1 aliphatic rings. The minimum atomic E-state index is -0.914. The molecule has 1 aliphatic heterocycles. The largest absolute Gasteiger partial charge is 0.469 e. The van der Waals surface area contributed by atoms with Gasteiger partial charge in [-0.2, -0.15) is 0 Å². The molecule has 0 radical (unpaired) electrons. The van der Waals surface area contributed by atoms with E-state index in [0.29, 0.717) is 6.42 Å². The van der Waals surface area contributed by atoms with Crippen molar-refractivity contribution in [1.29, 1.82) is 0 Å². The van der Waals surface area contributed by atoms with E-state index in [4.69, 9.17) is 9.47 Å². The molecule has 1 aromatic carbocycles. The summed E-state index contributed by atoms with van der Waals surface area (Å²) in [6.07, 6.45) is 0.668. The number of rotatable bonds is 4. The summed E-state index contributed by atoms with van der Waals surface area (Å²) < 4.78 is 9.96. The van der Waals surface area contributed by atoms with Crippen LogP contribution in [0.2, 0.25) is 0 Å². The van der Waals surface area contributed by atoms with Gasteiger partial charge in [0.05, 0.1) is 20.1 Å². The normalized spacial score (nSPS) is 30.8. The van der Waals surface area contributed by atoms with Crippen molar-refractivity contribution in [3.05, 3.63) is 35.9 Å². The van der Waals surface area contributed by atoms with Crippen molar-refractivity contribution < 1.29 is 19.1 Å². The second kappa shape index (κ2) is 6.48. The lowest BCUT2D eigenvalue weighted by molar-refractivity contribution is -0.151. The Labute approximate surface area is 131 Å². The van der Waals surface area contributed by atoms with Crippen molar-refractivity contribution in [3.63, 3.8) is 0 Å². The first kappa shape index (κ1) is 16.5. The Morgan fingerprint density at radius 1 is 1.18 bits per heavy atom. The summed E-state index contributed by atoms with van der Waals surface area (Å²) >= 11 is 0. The number of benzene rings is 1. The van der Waals surface area contributed by atoms with Crippen LogP contribution in [0.15, 0.2) is 30.3 Å². The zero-order chi connectivity index (χ0) is 16.3. The predicted molar refractivity (Wildman–Crippen MR) is 82.0 cm³/mol. The Bertz CT molecular complexity index is 545. The highest BCUT2D eigenvalue weighted by atomic mass is 16.5. The van der Waals surface area contributed by atoms with E-state index in [1.807, 2.05) is 37.3 Å². The van der Waals surface area contributed by atoms with Gasteiger partial charge in [0.15, 0.2) is 0 Å². The summed E-state index contributed by atoms with van der Waals surface area (Å²) in [4.78, 5) is 24.7. The van der Waals surface area contributed by atoms with Gasteiger partial charge in [0.2, 0.25) is 0 Å². The minimum Gasteiger partial charge on any atom is -0.469 e. The van der Waals surface area contributed by atoms with Crippen molar-refractivity contribution >= 4 is 11.9 Å². The summed E-state index contributed by atoms with van der Waals surface area (Å²) in [7, 11) is 2.75. The fraction of sp³-hybridized carbons (Fsp3) is 0.529. The molecule has 0 amide bonds. The van der Waals surface area contributed by atoms with E-state index in [1.54, 1.807) is 6.92 Å². The lowest BCUT2D eigenvalue weighted by Gasteiger charge is -2.29. The average molecular weight is 305 g/mol. The van der Waals surface area contributed by atoms with Crippen LogP contribution >= 0.6 is 0 Å². The third-order valence-corrected chi connectivity index (χ3v) is 4.67. The molecule has 2 rings (SSSR count). The zero-order valence-electron chi connectivity index (χ0n) is 13.5. The molecule has 1 aromatic rings. The van der Waals surface area contributed by atoms with Crippen LogP contribution in [0.1, 0.15) is 31.9 Å². The molecule has 0 unspecified atom stereocenters. The summed E-state index contributed by atoms with van der Waals surface area (Å²) in [6, 6.07) is 9.37. The maximum atomic E-state index is 12.4. The Kier molecular flexibility index (Phi) is 4.86. The van der Waals surface area contributed by atoms with Gasteiger partial charge in [0, 0.05) is 12.0 Å². The molecule has 1 saturated heterocycles. The van der Waals surface area contributed by atoms with Crippen molar-refractivity contribution in [2.75, 3.05) is 14.2 Å². The molecule has 5 heteroatoms. The van der Waals surface area contributed by atoms with Gasteiger partial charge in [-0.15, -0.1) is 0 Å². The van der Waals surface area contributed by atoms with Crippen LogP contribution in [0.3, 0.4) is 0 Å². The Morgan fingerprint density at radius 3 is 2.32 bits per heavy atom. The molecule has 4 atom stereocenters. The fourth-order valence-corrected chi connectivity index (χ4v) is 3.58. The Balaban J connectivity index is 2.48. The van der Waals surface area contributed by atoms with Crippen LogP contribution in [-0.4, -0.2) is 31.7 Å². The van der Waals surface area contributed by atoms with E-state index < -0.39 is 11.5 Å². The topological polar surface area (TPSA) is 64.6 Å². The van der Waals surface area contributed by atoms with Gasteiger partial charge >= 0.3 is 11.9 Å². The summed E-state index contributed by atoms with van der Waals surface area (Å²) in [5.41, 5.74) is 0.0482. The van der Waals surface area contributed by atoms with E-state index in [0.717, 1.165) is 5.56 Å². The third-order valence-electron chi connectivity index (χ3n) is 4.67. The highest BCUT2D eigenvalue weighted by Gasteiger charge is 2.57. The van der Waals surface area contributed by atoms with Gasteiger partial charge in [-0.3, -0.25) is 14.9 Å². The van der Waals surface area contributed by atoms with Gasteiger partial charge in [0.1, 0.15) is 5.54 Å². The molecule has 0 bridgehead atoms. The maximum absolute atomic E-state index is 12.4. The van der Waals surface area contributed by atoms with Gasteiger partial charge in [-0.1, -0.05) is 43.7 Å². The van der Waals surface area contributed by atoms with Gasteiger partial charge < -0.3 is 9.47 Å². The molecular formula is C17H23NO4. The smallest absolute Gasteiger partial charge is 0.326 e. The quantitative estimate of drug-likeness (QED) is 0.863. The summed E-state index contributed by atoms with van der Waals surface area (Å²) in [6.45, 7) is 3.77. The number of hydrogen-bond acceptors (Lipinski definition) is 5. The first-order chi connectivity index (χ1) is 10.5. The zero-order valence-corrected chi connectivity index (χ0v) is 13.5. The van der Waals surface area contributed by atoms with Gasteiger partial charge in [-0.25, -0.2) is 0 Å². The number of carbonyl (C=O) groups excluding carboxylic acids is 2. The molecule has 0 aromatic heterocycles. The molecule has 0 aliphatic carbocycles. The molecule has 1 fully saturated rings. The minimum absolute atomic E-state index is 0.197.